The lowest BCUT2D eigenvalue weighted by atomic mass is 9.84. The molecule has 0 aliphatic carbocycles. The zero-order valence-electron chi connectivity index (χ0n) is 23.2. The van der Waals surface area contributed by atoms with Crippen molar-refractivity contribution in [2.24, 2.45) is 11.7 Å². The average molecular weight is 524 g/mol. The van der Waals surface area contributed by atoms with Crippen LogP contribution in [0.1, 0.15) is 67.4 Å². The highest BCUT2D eigenvalue weighted by Crippen LogP contribution is 2.41. The third-order valence-corrected chi connectivity index (χ3v) is 6.96. The number of Topliss-reactive ketones (excluding diaryl/α,β-unsaturated/α-hetero) is 1. The van der Waals surface area contributed by atoms with Gasteiger partial charge in [0, 0.05) is 43.7 Å². The maximum absolute atomic E-state index is 13.6. The van der Waals surface area contributed by atoms with Crippen molar-refractivity contribution in [1.29, 1.82) is 5.41 Å². The van der Waals surface area contributed by atoms with E-state index in [4.69, 9.17) is 25.4 Å². The summed E-state index contributed by atoms with van der Waals surface area (Å²) in [5.74, 6) is 1.12. The highest BCUT2D eigenvalue weighted by Gasteiger charge is 2.39. The van der Waals surface area contributed by atoms with Crippen molar-refractivity contribution in [2.75, 3.05) is 40.5 Å². The van der Waals surface area contributed by atoms with E-state index >= 15 is 0 Å². The Balaban J connectivity index is 1.87. The predicted molar refractivity (Wildman–Crippen MR) is 148 cm³/mol. The van der Waals surface area contributed by atoms with Crippen LogP contribution in [0.5, 0.6) is 11.5 Å². The fourth-order valence-electron chi connectivity index (χ4n) is 5.01. The molecule has 0 bridgehead atoms. The van der Waals surface area contributed by atoms with Crippen molar-refractivity contribution >= 4 is 17.5 Å². The summed E-state index contributed by atoms with van der Waals surface area (Å²) in [5.41, 5.74) is 7.39. The van der Waals surface area contributed by atoms with Gasteiger partial charge in [-0.1, -0.05) is 51.1 Å². The molecule has 1 aliphatic rings. The maximum atomic E-state index is 13.6. The second-order valence-electron chi connectivity index (χ2n) is 10.8. The number of methoxy groups -OCH3 is 2. The average Bonchev–Trinajstić information content (AvgIpc) is 3.18. The first-order chi connectivity index (χ1) is 18.1. The number of carbonyl (C=O) groups is 2. The standard InChI is InChI=1S/C30H41N3O5/c1-30(2,3)23-16-22(17-25(28(23)37-5)38-14-9-12-26(31)35)24(34)19-33-18-21(13-15-36-4)27(29(33)32)20-10-7-6-8-11-20/h6-8,10-11,16-17,21,27,32H,9,12-15,18-19H2,1-5H3,(H2,31,35)/t21-,27+/m0/s1. The van der Waals surface area contributed by atoms with Crippen LogP contribution >= 0.6 is 0 Å². The molecule has 8 heteroatoms. The Morgan fingerprint density at radius 2 is 1.82 bits per heavy atom. The molecule has 38 heavy (non-hydrogen) atoms. The number of benzene rings is 2. The molecule has 0 unspecified atom stereocenters. The largest absolute Gasteiger partial charge is 0.493 e. The molecule has 2 aromatic rings. The van der Waals surface area contributed by atoms with Gasteiger partial charge in [0.2, 0.25) is 5.91 Å². The minimum Gasteiger partial charge on any atom is -0.493 e. The highest BCUT2D eigenvalue weighted by atomic mass is 16.5. The lowest BCUT2D eigenvalue weighted by molar-refractivity contribution is -0.118. The van der Waals surface area contributed by atoms with Gasteiger partial charge in [0.15, 0.2) is 17.3 Å². The third kappa shape index (κ3) is 7.13. The number of ether oxygens (including phenoxy) is 3. The van der Waals surface area contributed by atoms with Crippen LogP contribution in [-0.4, -0.2) is 62.9 Å². The van der Waals surface area contributed by atoms with Gasteiger partial charge in [-0.15, -0.1) is 0 Å². The molecule has 0 radical (unpaired) electrons. The molecule has 2 aromatic carbocycles. The number of hydrogen-bond acceptors (Lipinski definition) is 6. The van der Waals surface area contributed by atoms with E-state index in [0.717, 1.165) is 17.5 Å². The number of hydrogen-bond donors (Lipinski definition) is 2. The second kappa shape index (κ2) is 12.9. The van der Waals surface area contributed by atoms with E-state index in [1.165, 1.54) is 0 Å². The first kappa shape index (κ1) is 29.2. The van der Waals surface area contributed by atoms with E-state index in [1.54, 1.807) is 20.3 Å². The van der Waals surface area contributed by atoms with Gasteiger partial charge in [-0.05, 0) is 41.9 Å². The van der Waals surface area contributed by atoms with Crippen LogP contribution in [0, 0.1) is 11.3 Å². The molecule has 1 saturated heterocycles. The Labute approximate surface area is 226 Å². The summed E-state index contributed by atoms with van der Waals surface area (Å²) in [7, 11) is 3.26. The summed E-state index contributed by atoms with van der Waals surface area (Å²) in [6, 6.07) is 13.6. The molecule has 1 amide bonds. The van der Waals surface area contributed by atoms with Gasteiger partial charge in [0.05, 0.1) is 20.3 Å². The van der Waals surface area contributed by atoms with Gasteiger partial charge >= 0.3 is 0 Å². The number of amides is 1. The predicted octanol–water partition coefficient (Wildman–Crippen LogP) is 4.55. The van der Waals surface area contributed by atoms with Crippen LogP contribution in [0.3, 0.4) is 0 Å². The molecule has 3 N–H and O–H groups in total. The van der Waals surface area contributed by atoms with Gasteiger partial charge in [-0.25, -0.2) is 0 Å². The minimum absolute atomic E-state index is 0.0793. The summed E-state index contributed by atoms with van der Waals surface area (Å²) in [6.07, 6.45) is 1.50. The fourth-order valence-corrected chi connectivity index (χ4v) is 5.01. The molecule has 8 nitrogen and oxygen atoms in total. The number of nitrogens with one attached hydrogen (secondary N) is 1. The summed E-state index contributed by atoms with van der Waals surface area (Å²) >= 11 is 0. The Bertz CT molecular complexity index is 1130. The molecule has 1 heterocycles. The number of carbonyl (C=O) groups excluding carboxylic acids is 2. The SMILES string of the molecule is COCC[C@H]1CN(CC(=O)c2cc(OCCCC(N)=O)c(OC)c(C(C)(C)C)c2)C(=N)[C@@H]1c1ccccc1. The Morgan fingerprint density at radius 3 is 2.42 bits per heavy atom. The molecule has 0 aromatic heterocycles. The number of ketones is 1. The van der Waals surface area contributed by atoms with E-state index in [2.05, 4.69) is 20.8 Å². The molecule has 1 aliphatic heterocycles. The van der Waals surface area contributed by atoms with E-state index in [9.17, 15) is 9.59 Å². The molecule has 0 spiro atoms. The first-order valence-electron chi connectivity index (χ1n) is 13.1. The number of rotatable bonds is 13. The molecular weight excluding hydrogens is 482 g/mol. The monoisotopic (exact) mass is 523 g/mol. The molecular formula is C30H41N3O5. The summed E-state index contributed by atoms with van der Waals surface area (Å²) in [5, 5.41) is 8.97. The van der Waals surface area contributed by atoms with E-state index in [-0.39, 0.29) is 48.5 Å². The first-order valence-corrected chi connectivity index (χ1v) is 13.1. The zero-order chi connectivity index (χ0) is 27.9. The second-order valence-corrected chi connectivity index (χ2v) is 10.8. The lowest BCUT2D eigenvalue weighted by Crippen LogP contribution is -2.32. The number of primary amides is 1. The van der Waals surface area contributed by atoms with Crippen LogP contribution in [0.25, 0.3) is 0 Å². The summed E-state index contributed by atoms with van der Waals surface area (Å²) in [4.78, 5) is 26.6. The molecule has 0 saturated carbocycles. The van der Waals surface area contributed by atoms with E-state index in [1.807, 2.05) is 41.3 Å². The molecule has 206 valence electrons. The van der Waals surface area contributed by atoms with Gasteiger partial charge in [0.1, 0.15) is 5.84 Å². The van der Waals surface area contributed by atoms with Gasteiger partial charge in [-0.3, -0.25) is 15.0 Å². The van der Waals surface area contributed by atoms with Gasteiger partial charge in [-0.2, -0.15) is 0 Å². The normalized spacial score (nSPS) is 17.5. The lowest BCUT2D eigenvalue weighted by Gasteiger charge is -2.25. The van der Waals surface area contributed by atoms with Crippen LogP contribution in [0.15, 0.2) is 42.5 Å². The van der Waals surface area contributed by atoms with E-state index < -0.39 is 0 Å². The van der Waals surface area contributed by atoms with Crippen molar-refractivity contribution in [2.45, 2.75) is 51.4 Å². The quantitative estimate of drug-likeness (QED) is 0.294. The van der Waals surface area contributed by atoms with Crippen LogP contribution in [-0.2, 0) is 14.9 Å². The topological polar surface area (TPSA) is 115 Å². The summed E-state index contributed by atoms with van der Waals surface area (Å²) < 4.78 is 17.0. The Kier molecular flexibility index (Phi) is 9.91. The van der Waals surface area contributed by atoms with Crippen LogP contribution in [0.2, 0.25) is 0 Å². The van der Waals surface area contributed by atoms with Crippen molar-refractivity contribution in [1.82, 2.24) is 4.90 Å². The third-order valence-electron chi connectivity index (χ3n) is 6.96. The number of nitrogens with two attached hydrogens (primary N) is 1. The smallest absolute Gasteiger partial charge is 0.217 e. The highest BCUT2D eigenvalue weighted by molar-refractivity contribution is 6.01. The Morgan fingerprint density at radius 1 is 1.11 bits per heavy atom. The van der Waals surface area contributed by atoms with Crippen molar-refractivity contribution < 1.29 is 23.8 Å². The maximum Gasteiger partial charge on any atom is 0.217 e. The molecule has 1 fully saturated rings. The van der Waals surface area contributed by atoms with Gasteiger partial charge in [0.25, 0.3) is 0 Å². The van der Waals surface area contributed by atoms with Crippen LogP contribution in [0.4, 0.5) is 0 Å². The van der Waals surface area contributed by atoms with Crippen molar-refractivity contribution in [3.8, 4) is 11.5 Å². The zero-order valence-corrected chi connectivity index (χ0v) is 23.2. The minimum atomic E-state index is -0.384. The van der Waals surface area contributed by atoms with Crippen molar-refractivity contribution in [3.05, 3.63) is 59.2 Å². The number of nitrogens with zero attached hydrogens (tertiary/aromatic N) is 1. The van der Waals surface area contributed by atoms with Gasteiger partial charge < -0.3 is 24.8 Å². The molecule has 3 rings (SSSR count). The number of amidine groups is 1. The Hall–Kier alpha value is -3.39. The number of likely N-dealkylation sites (tertiary alicyclic amines) is 1. The fraction of sp³-hybridized carbons (Fsp3) is 0.500. The van der Waals surface area contributed by atoms with E-state index in [0.29, 0.717) is 42.5 Å². The van der Waals surface area contributed by atoms with Crippen LogP contribution < -0.4 is 15.2 Å². The van der Waals surface area contributed by atoms with Crippen molar-refractivity contribution in [3.63, 3.8) is 0 Å². The molecule has 2 atom stereocenters. The summed E-state index contributed by atoms with van der Waals surface area (Å²) in [6.45, 7) is 7.75.